The highest BCUT2D eigenvalue weighted by molar-refractivity contribution is 4.72. The second kappa shape index (κ2) is 10.8. The first kappa shape index (κ1) is 17.9. The van der Waals surface area contributed by atoms with E-state index in [0.29, 0.717) is 6.04 Å². The van der Waals surface area contributed by atoms with E-state index in [1.54, 1.807) is 7.11 Å². The van der Waals surface area contributed by atoms with Crippen LogP contribution >= 0.6 is 0 Å². The maximum absolute atomic E-state index is 6.14. The Labute approximate surface area is 115 Å². The normalized spacial score (nSPS) is 13.8. The molecular formula is C16H35NO. The van der Waals surface area contributed by atoms with Crippen molar-refractivity contribution in [3.63, 3.8) is 0 Å². The number of nitrogens with two attached hydrogens (primary N) is 1. The van der Waals surface area contributed by atoms with Crippen LogP contribution in [-0.2, 0) is 4.74 Å². The van der Waals surface area contributed by atoms with Crippen molar-refractivity contribution in [3.05, 3.63) is 0 Å². The highest BCUT2D eigenvalue weighted by atomic mass is 16.5. The summed E-state index contributed by atoms with van der Waals surface area (Å²) >= 11 is 0. The van der Waals surface area contributed by atoms with Crippen molar-refractivity contribution in [3.8, 4) is 0 Å². The average Bonchev–Trinajstić information content (AvgIpc) is 2.35. The molecule has 0 spiro atoms. The highest BCUT2D eigenvalue weighted by Gasteiger charge is 2.17. The van der Waals surface area contributed by atoms with E-state index in [4.69, 9.17) is 10.5 Å². The predicted molar refractivity (Wildman–Crippen MR) is 80.9 cm³/mol. The van der Waals surface area contributed by atoms with E-state index in [2.05, 4.69) is 20.8 Å². The van der Waals surface area contributed by atoms with Gasteiger partial charge >= 0.3 is 0 Å². The molecule has 0 amide bonds. The summed E-state index contributed by atoms with van der Waals surface area (Å²) < 4.78 is 5.41. The zero-order chi connectivity index (χ0) is 13.9. The first-order chi connectivity index (χ1) is 8.52. The number of unbranched alkanes of at least 4 members (excludes halogenated alkanes) is 6. The lowest BCUT2D eigenvalue weighted by Gasteiger charge is -2.24. The fraction of sp³-hybridized carbons (Fsp3) is 1.00. The fourth-order valence-corrected chi connectivity index (χ4v) is 2.14. The van der Waals surface area contributed by atoms with Gasteiger partial charge in [0, 0.05) is 13.2 Å². The molecule has 1 atom stereocenters. The van der Waals surface area contributed by atoms with Gasteiger partial charge in [0.1, 0.15) is 0 Å². The van der Waals surface area contributed by atoms with Crippen LogP contribution in [-0.4, -0.2) is 18.8 Å². The molecule has 0 aromatic rings. The molecule has 0 heterocycles. The third-order valence-electron chi connectivity index (χ3n) is 3.85. The molecule has 0 rings (SSSR count). The molecule has 0 fully saturated rings. The summed E-state index contributed by atoms with van der Waals surface area (Å²) in [7, 11) is 1.78. The standard InChI is InChI=1S/C16H35NO/c1-5-6-7-8-9-10-11-12-15(17)13-14-16(2,3)18-4/h15H,5-14,17H2,1-4H3. The van der Waals surface area contributed by atoms with Gasteiger partial charge in [-0.2, -0.15) is 0 Å². The molecule has 0 aliphatic rings. The van der Waals surface area contributed by atoms with E-state index in [0.717, 1.165) is 12.8 Å². The van der Waals surface area contributed by atoms with Gasteiger partial charge in [-0.25, -0.2) is 0 Å². The van der Waals surface area contributed by atoms with E-state index in [9.17, 15) is 0 Å². The lowest BCUT2D eigenvalue weighted by Crippen LogP contribution is -2.28. The minimum atomic E-state index is -0.0161. The van der Waals surface area contributed by atoms with E-state index < -0.39 is 0 Å². The second-order valence-electron chi connectivity index (χ2n) is 6.17. The quantitative estimate of drug-likeness (QED) is 0.516. The predicted octanol–water partition coefficient (Wildman–Crippen LogP) is 4.66. The third kappa shape index (κ3) is 11.0. The monoisotopic (exact) mass is 257 g/mol. The number of rotatable bonds is 12. The molecule has 0 aromatic carbocycles. The van der Waals surface area contributed by atoms with Gasteiger partial charge in [-0.3, -0.25) is 0 Å². The van der Waals surface area contributed by atoms with Crippen molar-refractivity contribution in [2.24, 2.45) is 5.73 Å². The maximum atomic E-state index is 6.14. The van der Waals surface area contributed by atoms with Crippen LogP contribution in [0.3, 0.4) is 0 Å². The molecule has 2 heteroatoms. The molecule has 0 aromatic heterocycles. The minimum absolute atomic E-state index is 0.0161. The zero-order valence-electron chi connectivity index (χ0n) is 13.1. The van der Waals surface area contributed by atoms with Crippen LogP contribution in [0.15, 0.2) is 0 Å². The molecule has 0 aliphatic heterocycles. The largest absolute Gasteiger partial charge is 0.379 e. The molecule has 18 heavy (non-hydrogen) atoms. The molecule has 0 saturated heterocycles. The fourth-order valence-electron chi connectivity index (χ4n) is 2.14. The van der Waals surface area contributed by atoms with E-state index >= 15 is 0 Å². The van der Waals surface area contributed by atoms with Crippen LogP contribution in [0.1, 0.15) is 85.0 Å². The van der Waals surface area contributed by atoms with Crippen LogP contribution in [0.25, 0.3) is 0 Å². The Morgan fingerprint density at radius 1 is 0.944 bits per heavy atom. The summed E-state index contributed by atoms with van der Waals surface area (Å²) in [6, 6.07) is 0.357. The molecule has 0 saturated carbocycles. The van der Waals surface area contributed by atoms with Gasteiger partial charge in [0.25, 0.3) is 0 Å². The van der Waals surface area contributed by atoms with Crippen LogP contribution in [0, 0.1) is 0 Å². The van der Waals surface area contributed by atoms with Gasteiger partial charge < -0.3 is 10.5 Å². The lowest BCUT2D eigenvalue weighted by atomic mass is 9.96. The van der Waals surface area contributed by atoms with Gasteiger partial charge in [0.15, 0.2) is 0 Å². The van der Waals surface area contributed by atoms with E-state index in [1.807, 2.05) is 0 Å². The van der Waals surface area contributed by atoms with Crippen molar-refractivity contribution in [1.29, 1.82) is 0 Å². The highest BCUT2D eigenvalue weighted by Crippen LogP contribution is 2.18. The SMILES string of the molecule is CCCCCCCCCC(N)CCC(C)(C)OC. The number of hydrogen-bond donors (Lipinski definition) is 1. The van der Waals surface area contributed by atoms with Crippen molar-refractivity contribution in [2.45, 2.75) is 96.6 Å². The Balaban J connectivity index is 3.34. The summed E-state index contributed by atoms with van der Waals surface area (Å²) in [5.41, 5.74) is 6.13. The number of methoxy groups -OCH3 is 1. The van der Waals surface area contributed by atoms with Crippen LogP contribution in [0.2, 0.25) is 0 Å². The summed E-state index contributed by atoms with van der Waals surface area (Å²) in [4.78, 5) is 0. The van der Waals surface area contributed by atoms with Gasteiger partial charge in [0.2, 0.25) is 0 Å². The number of hydrogen-bond acceptors (Lipinski definition) is 2. The maximum Gasteiger partial charge on any atom is 0.0623 e. The molecule has 0 radical (unpaired) electrons. The van der Waals surface area contributed by atoms with Crippen molar-refractivity contribution < 1.29 is 4.74 Å². The Morgan fingerprint density at radius 2 is 1.50 bits per heavy atom. The summed E-state index contributed by atoms with van der Waals surface area (Å²) in [6.45, 7) is 6.53. The average molecular weight is 257 g/mol. The Kier molecular flexibility index (Phi) is 10.8. The Morgan fingerprint density at radius 3 is 2.06 bits per heavy atom. The molecule has 2 nitrogen and oxygen atoms in total. The first-order valence-corrected chi connectivity index (χ1v) is 7.82. The Bertz CT molecular complexity index is 180. The van der Waals surface area contributed by atoms with Crippen LogP contribution < -0.4 is 5.73 Å². The van der Waals surface area contributed by atoms with Crippen molar-refractivity contribution in [2.75, 3.05) is 7.11 Å². The van der Waals surface area contributed by atoms with Crippen LogP contribution in [0.5, 0.6) is 0 Å². The van der Waals surface area contributed by atoms with Gasteiger partial charge in [-0.1, -0.05) is 51.9 Å². The van der Waals surface area contributed by atoms with E-state index in [-0.39, 0.29) is 5.60 Å². The molecule has 0 bridgehead atoms. The van der Waals surface area contributed by atoms with Crippen molar-refractivity contribution >= 4 is 0 Å². The van der Waals surface area contributed by atoms with Gasteiger partial charge in [-0.05, 0) is 33.1 Å². The Hall–Kier alpha value is -0.0800. The molecule has 1 unspecified atom stereocenters. The lowest BCUT2D eigenvalue weighted by molar-refractivity contribution is 0.0123. The smallest absolute Gasteiger partial charge is 0.0623 e. The van der Waals surface area contributed by atoms with E-state index in [1.165, 1.54) is 51.4 Å². The summed E-state index contributed by atoms with van der Waals surface area (Å²) in [5, 5.41) is 0. The topological polar surface area (TPSA) is 35.2 Å². The number of ether oxygens (including phenoxy) is 1. The van der Waals surface area contributed by atoms with Gasteiger partial charge in [-0.15, -0.1) is 0 Å². The minimum Gasteiger partial charge on any atom is -0.379 e. The molecule has 2 N–H and O–H groups in total. The first-order valence-electron chi connectivity index (χ1n) is 7.82. The molecule has 0 aliphatic carbocycles. The van der Waals surface area contributed by atoms with Gasteiger partial charge in [0.05, 0.1) is 5.60 Å². The molecule has 110 valence electrons. The van der Waals surface area contributed by atoms with Crippen molar-refractivity contribution in [1.82, 2.24) is 0 Å². The molecular weight excluding hydrogens is 222 g/mol. The van der Waals surface area contributed by atoms with Crippen LogP contribution in [0.4, 0.5) is 0 Å². The summed E-state index contributed by atoms with van der Waals surface area (Å²) in [6.07, 6.45) is 12.9. The third-order valence-corrected chi connectivity index (χ3v) is 3.85. The second-order valence-corrected chi connectivity index (χ2v) is 6.17. The summed E-state index contributed by atoms with van der Waals surface area (Å²) in [5.74, 6) is 0. The zero-order valence-corrected chi connectivity index (χ0v) is 13.1.